The second-order valence-electron chi connectivity index (χ2n) is 4.58. The van der Waals surface area contributed by atoms with Crippen molar-refractivity contribution < 1.29 is 19.4 Å². The maximum absolute atomic E-state index is 10.9. The zero-order chi connectivity index (χ0) is 16.1. The highest BCUT2D eigenvalue weighted by Gasteiger charge is 2.13. The molecule has 112 valence electrons. The predicted molar refractivity (Wildman–Crippen MR) is 81.3 cm³/mol. The smallest absolute Gasteiger partial charge is 0.335 e. The predicted octanol–water partition coefficient (Wildman–Crippen LogP) is 3.14. The van der Waals surface area contributed by atoms with Gasteiger partial charge in [0.2, 0.25) is 0 Å². The van der Waals surface area contributed by atoms with Crippen molar-refractivity contribution in [1.82, 2.24) is 0 Å². The quantitative estimate of drug-likeness (QED) is 0.917. The standard InChI is InChI=1S/C17H15NO4/c1-21-15-9-13(7-8-18)14(10-16(15)22-2)11-3-5-12(6-4-11)17(19)20/h3-6,9-10H,7H2,1-2H3,(H,19,20). The van der Waals surface area contributed by atoms with Crippen molar-refractivity contribution >= 4 is 5.97 Å². The molecule has 2 aromatic rings. The Morgan fingerprint density at radius 3 is 2.23 bits per heavy atom. The van der Waals surface area contributed by atoms with Gasteiger partial charge in [-0.15, -0.1) is 0 Å². The number of hydrogen-bond donors (Lipinski definition) is 1. The van der Waals surface area contributed by atoms with Crippen LogP contribution in [0.3, 0.4) is 0 Å². The highest BCUT2D eigenvalue weighted by Crippen LogP contribution is 2.36. The third-order valence-corrected chi connectivity index (χ3v) is 3.32. The molecule has 5 nitrogen and oxygen atoms in total. The molecule has 0 aromatic heterocycles. The number of benzene rings is 2. The Bertz CT molecular complexity index is 730. The molecule has 0 aliphatic carbocycles. The SMILES string of the molecule is COc1cc(CC#N)c(-c2ccc(C(=O)O)cc2)cc1OC. The number of carboxylic acids is 1. The molecule has 0 amide bonds. The molecular weight excluding hydrogens is 282 g/mol. The number of aromatic carboxylic acids is 1. The summed E-state index contributed by atoms with van der Waals surface area (Å²) in [6.07, 6.45) is 0.219. The fourth-order valence-electron chi connectivity index (χ4n) is 2.21. The van der Waals surface area contributed by atoms with E-state index in [9.17, 15) is 4.79 Å². The van der Waals surface area contributed by atoms with Crippen molar-refractivity contribution in [2.75, 3.05) is 14.2 Å². The first-order valence-corrected chi connectivity index (χ1v) is 6.56. The molecule has 0 aliphatic rings. The van der Waals surface area contributed by atoms with Crippen LogP contribution in [0.4, 0.5) is 0 Å². The maximum atomic E-state index is 10.9. The highest BCUT2D eigenvalue weighted by molar-refractivity contribution is 5.88. The lowest BCUT2D eigenvalue weighted by atomic mass is 9.96. The molecule has 22 heavy (non-hydrogen) atoms. The van der Waals surface area contributed by atoms with E-state index in [0.29, 0.717) is 11.5 Å². The Kier molecular flexibility index (Phi) is 4.64. The lowest BCUT2D eigenvalue weighted by Gasteiger charge is -2.14. The van der Waals surface area contributed by atoms with Crippen LogP contribution >= 0.6 is 0 Å². The Labute approximate surface area is 128 Å². The fraction of sp³-hybridized carbons (Fsp3) is 0.176. The third-order valence-electron chi connectivity index (χ3n) is 3.32. The summed E-state index contributed by atoms with van der Waals surface area (Å²) in [6.45, 7) is 0. The number of nitriles is 1. The van der Waals surface area contributed by atoms with Gasteiger partial charge in [0.05, 0.1) is 32.3 Å². The van der Waals surface area contributed by atoms with Gasteiger partial charge in [-0.3, -0.25) is 0 Å². The number of rotatable bonds is 5. The van der Waals surface area contributed by atoms with E-state index in [1.807, 2.05) is 0 Å². The molecule has 0 heterocycles. The summed E-state index contributed by atoms with van der Waals surface area (Å²) >= 11 is 0. The zero-order valence-electron chi connectivity index (χ0n) is 12.3. The summed E-state index contributed by atoms with van der Waals surface area (Å²) in [4.78, 5) is 10.9. The maximum Gasteiger partial charge on any atom is 0.335 e. The Morgan fingerprint density at radius 2 is 1.73 bits per heavy atom. The topological polar surface area (TPSA) is 79.5 Å². The van der Waals surface area contributed by atoms with Gasteiger partial charge in [-0.25, -0.2) is 4.79 Å². The van der Waals surface area contributed by atoms with Gasteiger partial charge in [-0.05, 0) is 41.0 Å². The largest absolute Gasteiger partial charge is 0.493 e. The normalized spacial score (nSPS) is 9.86. The highest BCUT2D eigenvalue weighted by atomic mass is 16.5. The van der Waals surface area contributed by atoms with E-state index in [1.165, 1.54) is 19.2 Å². The van der Waals surface area contributed by atoms with Gasteiger partial charge in [0.1, 0.15) is 0 Å². The van der Waals surface area contributed by atoms with Crippen molar-refractivity contribution in [2.24, 2.45) is 0 Å². The van der Waals surface area contributed by atoms with Gasteiger partial charge >= 0.3 is 5.97 Å². The second kappa shape index (κ2) is 6.64. The average Bonchev–Trinajstić information content (AvgIpc) is 2.54. The summed E-state index contributed by atoms with van der Waals surface area (Å²) in [6, 6.07) is 12.2. The first kappa shape index (κ1) is 15.4. The van der Waals surface area contributed by atoms with Crippen LogP contribution in [-0.4, -0.2) is 25.3 Å². The number of ether oxygens (including phenoxy) is 2. The van der Waals surface area contributed by atoms with Crippen LogP contribution in [0.15, 0.2) is 36.4 Å². The van der Waals surface area contributed by atoms with Gasteiger partial charge in [-0.2, -0.15) is 5.26 Å². The molecule has 1 N–H and O–H groups in total. The third kappa shape index (κ3) is 3.01. The van der Waals surface area contributed by atoms with Crippen LogP contribution in [0.5, 0.6) is 11.5 Å². The van der Waals surface area contributed by atoms with Crippen LogP contribution in [0.2, 0.25) is 0 Å². The molecule has 0 fully saturated rings. The van der Waals surface area contributed by atoms with Crippen LogP contribution in [0, 0.1) is 11.3 Å². The van der Waals surface area contributed by atoms with Crippen molar-refractivity contribution in [1.29, 1.82) is 5.26 Å². The van der Waals surface area contributed by atoms with Crippen LogP contribution in [0.1, 0.15) is 15.9 Å². The van der Waals surface area contributed by atoms with E-state index in [2.05, 4.69) is 6.07 Å². The Balaban J connectivity index is 2.56. The van der Waals surface area contributed by atoms with Crippen molar-refractivity contribution in [3.63, 3.8) is 0 Å². The van der Waals surface area contributed by atoms with Gasteiger partial charge < -0.3 is 14.6 Å². The molecule has 0 atom stereocenters. The van der Waals surface area contributed by atoms with E-state index in [1.54, 1.807) is 31.4 Å². The van der Waals surface area contributed by atoms with Crippen molar-refractivity contribution in [2.45, 2.75) is 6.42 Å². The van der Waals surface area contributed by atoms with E-state index >= 15 is 0 Å². The second-order valence-corrected chi connectivity index (χ2v) is 4.58. The Hall–Kier alpha value is -3.00. The van der Waals surface area contributed by atoms with Gasteiger partial charge in [0.15, 0.2) is 11.5 Å². The minimum Gasteiger partial charge on any atom is -0.493 e. The Morgan fingerprint density at radius 1 is 1.14 bits per heavy atom. The van der Waals surface area contributed by atoms with E-state index < -0.39 is 5.97 Å². The average molecular weight is 297 g/mol. The van der Waals surface area contributed by atoms with Crippen molar-refractivity contribution in [3.8, 4) is 28.7 Å². The van der Waals surface area contributed by atoms with Crippen LogP contribution in [-0.2, 0) is 6.42 Å². The number of hydrogen-bond acceptors (Lipinski definition) is 4. The molecule has 2 rings (SSSR count). The number of carbonyl (C=O) groups is 1. The van der Waals surface area contributed by atoms with Crippen LogP contribution < -0.4 is 9.47 Å². The molecule has 0 unspecified atom stereocenters. The van der Waals surface area contributed by atoms with E-state index in [4.69, 9.17) is 19.8 Å². The lowest BCUT2D eigenvalue weighted by molar-refractivity contribution is 0.0697. The van der Waals surface area contributed by atoms with E-state index in [-0.39, 0.29) is 12.0 Å². The van der Waals surface area contributed by atoms with Crippen LogP contribution in [0.25, 0.3) is 11.1 Å². The molecular formula is C17H15NO4. The summed E-state index contributed by atoms with van der Waals surface area (Å²) in [5, 5.41) is 18.0. The first-order valence-electron chi connectivity index (χ1n) is 6.56. The van der Waals surface area contributed by atoms with Gasteiger partial charge in [0.25, 0.3) is 0 Å². The first-order chi connectivity index (χ1) is 10.6. The summed E-state index contributed by atoms with van der Waals surface area (Å²) in [5.74, 6) is 0.135. The van der Waals surface area contributed by atoms with E-state index in [0.717, 1.165) is 16.7 Å². The minimum atomic E-state index is -0.976. The number of carboxylic acid groups (broad SMARTS) is 1. The molecule has 5 heteroatoms. The summed E-state index contributed by atoms with van der Waals surface area (Å²) in [7, 11) is 3.08. The molecule has 0 aliphatic heterocycles. The minimum absolute atomic E-state index is 0.214. The molecule has 0 saturated carbocycles. The molecule has 0 radical (unpaired) electrons. The fourth-order valence-corrected chi connectivity index (χ4v) is 2.21. The number of nitrogens with zero attached hydrogens (tertiary/aromatic N) is 1. The molecule has 0 saturated heterocycles. The molecule has 0 bridgehead atoms. The zero-order valence-corrected chi connectivity index (χ0v) is 12.3. The van der Waals surface area contributed by atoms with Gasteiger partial charge in [0, 0.05) is 0 Å². The summed E-state index contributed by atoms with van der Waals surface area (Å²) in [5.41, 5.74) is 2.64. The summed E-state index contributed by atoms with van der Waals surface area (Å²) < 4.78 is 10.5. The molecule has 0 spiro atoms. The number of methoxy groups -OCH3 is 2. The molecule has 2 aromatic carbocycles. The monoisotopic (exact) mass is 297 g/mol. The van der Waals surface area contributed by atoms with Crippen molar-refractivity contribution in [3.05, 3.63) is 47.5 Å². The lowest BCUT2D eigenvalue weighted by Crippen LogP contribution is -1.97. The van der Waals surface area contributed by atoms with Gasteiger partial charge in [-0.1, -0.05) is 12.1 Å².